The van der Waals surface area contributed by atoms with Gasteiger partial charge in [0.15, 0.2) is 0 Å². The van der Waals surface area contributed by atoms with Crippen LogP contribution in [0.4, 0.5) is 5.69 Å². The van der Waals surface area contributed by atoms with E-state index >= 15 is 0 Å². The quantitative estimate of drug-likeness (QED) is 0.777. The third kappa shape index (κ3) is 4.10. The van der Waals surface area contributed by atoms with Crippen molar-refractivity contribution in [1.29, 1.82) is 0 Å². The van der Waals surface area contributed by atoms with Crippen molar-refractivity contribution in [3.8, 4) is 0 Å². The summed E-state index contributed by atoms with van der Waals surface area (Å²) >= 11 is 1.72. The number of rotatable bonds is 5. The highest BCUT2D eigenvalue weighted by atomic mass is 32.1. The Morgan fingerprint density at radius 3 is 2.46 bits per heavy atom. The van der Waals surface area contributed by atoms with Crippen molar-refractivity contribution in [2.75, 3.05) is 37.6 Å². The van der Waals surface area contributed by atoms with E-state index in [4.69, 9.17) is 0 Å². The number of carbonyl (C=O) groups is 2. The second-order valence-electron chi connectivity index (χ2n) is 7.35. The van der Waals surface area contributed by atoms with Crippen molar-refractivity contribution < 1.29 is 9.59 Å². The lowest BCUT2D eigenvalue weighted by Crippen LogP contribution is -2.48. The zero-order valence-corrected chi connectivity index (χ0v) is 17.1. The van der Waals surface area contributed by atoms with Crippen LogP contribution in [0.1, 0.15) is 40.8 Å². The highest BCUT2D eigenvalue weighted by molar-refractivity contribution is 7.09. The molecule has 0 spiro atoms. The molecule has 3 heterocycles. The van der Waals surface area contributed by atoms with Gasteiger partial charge in [0.25, 0.3) is 5.91 Å². The number of piperazine rings is 1. The summed E-state index contributed by atoms with van der Waals surface area (Å²) < 4.78 is 0. The SMILES string of the molecule is CCc1nc(CN2CCN(C(=O)c3ccc(N4CCCC4=O)cc3)CC2)cs1. The van der Waals surface area contributed by atoms with Crippen LogP contribution < -0.4 is 4.90 Å². The molecule has 148 valence electrons. The summed E-state index contributed by atoms with van der Waals surface area (Å²) in [7, 11) is 0. The Morgan fingerprint density at radius 1 is 1.11 bits per heavy atom. The van der Waals surface area contributed by atoms with Gasteiger partial charge in [0.1, 0.15) is 0 Å². The Labute approximate surface area is 169 Å². The third-order valence-electron chi connectivity index (χ3n) is 5.45. The van der Waals surface area contributed by atoms with E-state index in [9.17, 15) is 9.59 Å². The molecule has 6 nitrogen and oxygen atoms in total. The van der Waals surface area contributed by atoms with E-state index in [2.05, 4.69) is 22.2 Å². The lowest BCUT2D eigenvalue weighted by Gasteiger charge is -2.34. The first-order valence-electron chi connectivity index (χ1n) is 9.99. The standard InChI is InChI=1S/C21H26N4O2S/c1-2-19-22-17(15-28-19)14-23-10-12-24(13-11-23)21(27)16-5-7-18(8-6-16)25-9-3-4-20(25)26/h5-8,15H,2-4,9-14H2,1H3. The fraction of sp³-hybridized carbons (Fsp3) is 0.476. The molecule has 0 bridgehead atoms. The van der Waals surface area contributed by atoms with Crippen molar-refractivity contribution in [3.63, 3.8) is 0 Å². The van der Waals surface area contributed by atoms with Crippen LogP contribution in [-0.4, -0.2) is 59.3 Å². The molecule has 1 aromatic carbocycles. The Hall–Kier alpha value is -2.25. The Bertz CT molecular complexity index is 840. The number of hydrogen-bond acceptors (Lipinski definition) is 5. The fourth-order valence-corrected chi connectivity index (χ4v) is 4.55. The molecule has 0 unspecified atom stereocenters. The fourth-order valence-electron chi connectivity index (χ4n) is 3.81. The number of carbonyl (C=O) groups excluding carboxylic acids is 2. The minimum atomic E-state index is 0.0703. The molecule has 2 fully saturated rings. The lowest BCUT2D eigenvalue weighted by molar-refractivity contribution is -0.117. The Morgan fingerprint density at radius 2 is 1.86 bits per heavy atom. The maximum atomic E-state index is 12.8. The van der Waals surface area contributed by atoms with Crippen molar-refractivity contribution >= 4 is 28.8 Å². The molecular weight excluding hydrogens is 372 g/mol. The molecule has 2 aliphatic heterocycles. The van der Waals surface area contributed by atoms with Crippen LogP contribution >= 0.6 is 11.3 Å². The molecule has 0 radical (unpaired) electrons. The molecule has 0 N–H and O–H groups in total. The number of thiazole rings is 1. The zero-order valence-electron chi connectivity index (χ0n) is 16.3. The molecule has 1 aromatic heterocycles. The molecule has 2 aromatic rings. The first kappa shape index (κ1) is 19.1. The first-order valence-corrected chi connectivity index (χ1v) is 10.9. The predicted octanol–water partition coefficient (Wildman–Crippen LogP) is 2.79. The van der Waals surface area contributed by atoms with Gasteiger partial charge in [-0.1, -0.05) is 6.92 Å². The van der Waals surface area contributed by atoms with E-state index in [0.29, 0.717) is 12.0 Å². The highest BCUT2D eigenvalue weighted by Gasteiger charge is 2.24. The normalized spacial score (nSPS) is 18.1. The van der Waals surface area contributed by atoms with E-state index in [0.717, 1.165) is 63.5 Å². The minimum absolute atomic E-state index is 0.0703. The maximum Gasteiger partial charge on any atom is 0.253 e. The van der Waals surface area contributed by atoms with Gasteiger partial charge in [-0.25, -0.2) is 4.98 Å². The molecule has 0 saturated carbocycles. The van der Waals surface area contributed by atoms with Gasteiger partial charge < -0.3 is 9.80 Å². The molecule has 0 atom stereocenters. The highest BCUT2D eigenvalue weighted by Crippen LogP contribution is 2.22. The second kappa shape index (κ2) is 8.41. The van der Waals surface area contributed by atoms with Crippen LogP contribution in [0.25, 0.3) is 0 Å². The number of nitrogens with zero attached hydrogens (tertiary/aromatic N) is 4. The van der Waals surface area contributed by atoms with E-state index < -0.39 is 0 Å². The number of hydrogen-bond donors (Lipinski definition) is 0. The molecule has 2 saturated heterocycles. The van der Waals surface area contributed by atoms with Gasteiger partial charge in [-0.15, -0.1) is 11.3 Å². The molecule has 2 amide bonds. The Balaban J connectivity index is 1.31. The predicted molar refractivity (Wildman–Crippen MR) is 111 cm³/mol. The monoisotopic (exact) mass is 398 g/mol. The van der Waals surface area contributed by atoms with Gasteiger partial charge in [0.05, 0.1) is 10.7 Å². The van der Waals surface area contributed by atoms with Crippen LogP contribution in [0, 0.1) is 0 Å². The summed E-state index contributed by atoms with van der Waals surface area (Å²) in [5, 5.41) is 3.33. The van der Waals surface area contributed by atoms with Crippen LogP contribution in [0.3, 0.4) is 0 Å². The third-order valence-corrected chi connectivity index (χ3v) is 6.49. The summed E-state index contributed by atoms with van der Waals surface area (Å²) in [6.45, 7) is 6.95. The number of aromatic nitrogens is 1. The van der Waals surface area contributed by atoms with E-state index in [-0.39, 0.29) is 11.8 Å². The largest absolute Gasteiger partial charge is 0.336 e. The molecule has 4 rings (SSSR count). The number of anilines is 1. The summed E-state index contributed by atoms with van der Waals surface area (Å²) in [4.78, 5) is 35.4. The van der Waals surface area contributed by atoms with Crippen molar-refractivity contribution in [3.05, 3.63) is 45.9 Å². The van der Waals surface area contributed by atoms with Crippen LogP contribution in [0.5, 0.6) is 0 Å². The molecule has 7 heteroatoms. The van der Waals surface area contributed by atoms with Crippen LogP contribution in [0.15, 0.2) is 29.6 Å². The van der Waals surface area contributed by atoms with Gasteiger partial charge in [0.2, 0.25) is 5.91 Å². The molecule has 28 heavy (non-hydrogen) atoms. The Kier molecular flexibility index (Phi) is 5.73. The lowest BCUT2D eigenvalue weighted by atomic mass is 10.1. The molecule has 2 aliphatic rings. The number of benzene rings is 1. The minimum Gasteiger partial charge on any atom is -0.336 e. The van der Waals surface area contributed by atoms with E-state index in [1.54, 1.807) is 16.2 Å². The van der Waals surface area contributed by atoms with E-state index in [1.165, 1.54) is 5.01 Å². The van der Waals surface area contributed by atoms with Gasteiger partial charge >= 0.3 is 0 Å². The van der Waals surface area contributed by atoms with Gasteiger partial charge in [-0.05, 0) is 37.1 Å². The molecule has 0 aliphatic carbocycles. The summed E-state index contributed by atoms with van der Waals surface area (Å²) in [5.41, 5.74) is 2.71. The van der Waals surface area contributed by atoms with Gasteiger partial charge in [0, 0.05) is 62.3 Å². The zero-order chi connectivity index (χ0) is 19.5. The smallest absolute Gasteiger partial charge is 0.253 e. The van der Waals surface area contributed by atoms with Gasteiger partial charge in [-0.3, -0.25) is 14.5 Å². The van der Waals surface area contributed by atoms with Crippen molar-refractivity contribution in [2.45, 2.75) is 32.7 Å². The van der Waals surface area contributed by atoms with Crippen LogP contribution in [-0.2, 0) is 17.8 Å². The summed E-state index contributed by atoms with van der Waals surface area (Å²) in [5.74, 6) is 0.238. The van der Waals surface area contributed by atoms with Crippen LogP contribution in [0.2, 0.25) is 0 Å². The average molecular weight is 399 g/mol. The number of aryl methyl sites for hydroxylation is 1. The molecular formula is C21H26N4O2S. The van der Waals surface area contributed by atoms with Gasteiger partial charge in [-0.2, -0.15) is 0 Å². The first-order chi connectivity index (χ1) is 13.6. The average Bonchev–Trinajstić information content (AvgIpc) is 3.37. The second-order valence-corrected chi connectivity index (χ2v) is 8.29. The number of amides is 2. The van der Waals surface area contributed by atoms with Crippen molar-refractivity contribution in [1.82, 2.24) is 14.8 Å². The topological polar surface area (TPSA) is 56.8 Å². The maximum absolute atomic E-state index is 12.8. The van der Waals surface area contributed by atoms with Crippen molar-refractivity contribution in [2.24, 2.45) is 0 Å². The summed E-state index contributed by atoms with van der Waals surface area (Å²) in [6, 6.07) is 7.47. The summed E-state index contributed by atoms with van der Waals surface area (Å²) in [6.07, 6.45) is 2.51. The van der Waals surface area contributed by atoms with E-state index in [1.807, 2.05) is 29.2 Å².